The lowest BCUT2D eigenvalue weighted by atomic mass is 10.0. The van der Waals surface area contributed by atoms with Gasteiger partial charge in [-0.25, -0.2) is 0 Å². The third-order valence-corrected chi connectivity index (χ3v) is 8.01. The van der Waals surface area contributed by atoms with Gasteiger partial charge in [-0.1, -0.05) is 62.9 Å². The fourth-order valence-electron chi connectivity index (χ4n) is 3.32. The van der Waals surface area contributed by atoms with E-state index in [2.05, 4.69) is 68.8 Å². The van der Waals surface area contributed by atoms with Crippen molar-refractivity contribution in [2.24, 2.45) is 5.92 Å². The second-order valence-corrected chi connectivity index (χ2v) is 14.5. The van der Waals surface area contributed by atoms with Crippen LogP contribution in [0.15, 0.2) is 42.7 Å². The highest BCUT2D eigenvalue weighted by Crippen LogP contribution is 2.42. The van der Waals surface area contributed by atoms with Gasteiger partial charge in [0.1, 0.15) is 5.37 Å². The first-order valence-corrected chi connectivity index (χ1v) is 13.8. The summed E-state index contributed by atoms with van der Waals surface area (Å²) in [6.45, 7) is 12.2. The van der Waals surface area contributed by atoms with Crippen LogP contribution in [0.2, 0.25) is 19.6 Å². The third-order valence-electron chi connectivity index (χ3n) is 4.71. The van der Waals surface area contributed by atoms with E-state index in [1.54, 1.807) is 11.8 Å². The van der Waals surface area contributed by atoms with E-state index in [9.17, 15) is 4.79 Å². The summed E-state index contributed by atoms with van der Waals surface area (Å²) in [6, 6.07) is 11.1. The van der Waals surface area contributed by atoms with E-state index >= 15 is 0 Å². The van der Waals surface area contributed by atoms with E-state index in [0.717, 1.165) is 12.1 Å². The van der Waals surface area contributed by atoms with Crippen LogP contribution in [0.4, 0.5) is 0 Å². The molecule has 1 saturated heterocycles. The van der Waals surface area contributed by atoms with Crippen LogP contribution in [-0.2, 0) is 4.79 Å². The van der Waals surface area contributed by atoms with Crippen molar-refractivity contribution in [3.05, 3.63) is 48.3 Å². The number of benzene rings is 1. The second-order valence-electron chi connectivity index (χ2n) is 8.39. The summed E-state index contributed by atoms with van der Waals surface area (Å²) in [5.41, 5.74) is 3.53. The summed E-state index contributed by atoms with van der Waals surface area (Å²) in [6.07, 6.45) is 3.78. The van der Waals surface area contributed by atoms with Crippen LogP contribution >= 0.6 is 11.8 Å². The van der Waals surface area contributed by atoms with Gasteiger partial charge >= 0.3 is 0 Å². The van der Waals surface area contributed by atoms with E-state index in [-0.39, 0.29) is 11.3 Å². The van der Waals surface area contributed by atoms with Gasteiger partial charge in [0.25, 0.3) is 0 Å². The van der Waals surface area contributed by atoms with E-state index in [1.807, 2.05) is 17.3 Å². The third kappa shape index (κ3) is 4.04. The lowest BCUT2D eigenvalue weighted by Gasteiger charge is -2.27. The average Bonchev–Trinajstić information content (AvgIpc) is 2.94. The quantitative estimate of drug-likeness (QED) is 0.711. The minimum absolute atomic E-state index is 0.0604. The van der Waals surface area contributed by atoms with Crippen molar-refractivity contribution in [1.29, 1.82) is 0 Å². The zero-order chi connectivity index (χ0) is 18.9. The normalized spacial score (nSPS) is 18.0. The van der Waals surface area contributed by atoms with E-state index < -0.39 is 8.07 Å². The number of nitrogens with zero attached hydrogens (tertiary/aromatic N) is 2. The molecule has 0 radical (unpaired) electrons. The molecule has 0 N–H and O–H groups in total. The summed E-state index contributed by atoms with van der Waals surface area (Å²) < 4.78 is 0. The van der Waals surface area contributed by atoms with Gasteiger partial charge in [0.2, 0.25) is 5.91 Å². The van der Waals surface area contributed by atoms with Crippen molar-refractivity contribution in [3.8, 4) is 11.1 Å². The van der Waals surface area contributed by atoms with Crippen molar-refractivity contribution < 1.29 is 4.79 Å². The Hall–Kier alpha value is -1.59. The molecular weight excluding hydrogens is 356 g/mol. The highest BCUT2D eigenvalue weighted by molar-refractivity contribution is 8.00. The Morgan fingerprint density at radius 1 is 1.19 bits per heavy atom. The smallest absolute Gasteiger partial charge is 0.233 e. The van der Waals surface area contributed by atoms with Gasteiger partial charge in [0.15, 0.2) is 0 Å². The summed E-state index contributed by atoms with van der Waals surface area (Å²) >= 11 is 1.71. The predicted octanol–water partition coefficient (Wildman–Crippen LogP) is 4.52. The Kier molecular flexibility index (Phi) is 5.58. The molecule has 0 bridgehead atoms. The molecule has 1 aliphatic rings. The van der Waals surface area contributed by atoms with E-state index in [1.165, 1.54) is 16.3 Å². The molecule has 1 aromatic heterocycles. The van der Waals surface area contributed by atoms with Crippen molar-refractivity contribution >= 4 is 30.9 Å². The predicted molar refractivity (Wildman–Crippen MR) is 114 cm³/mol. The molecule has 1 aromatic carbocycles. The Morgan fingerprint density at radius 2 is 1.88 bits per heavy atom. The number of carbonyl (C=O) groups is 1. The van der Waals surface area contributed by atoms with Gasteiger partial charge in [-0.2, -0.15) is 0 Å². The molecule has 3 nitrogen and oxygen atoms in total. The highest BCUT2D eigenvalue weighted by atomic mass is 32.2. The van der Waals surface area contributed by atoms with E-state index in [4.69, 9.17) is 0 Å². The number of hydrogen-bond donors (Lipinski definition) is 0. The van der Waals surface area contributed by atoms with Crippen LogP contribution in [-0.4, -0.2) is 36.2 Å². The summed E-state index contributed by atoms with van der Waals surface area (Å²) in [5, 5.41) is 1.52. The highest BCUT2D eigenvalue weighted by Gasteiger charge is 2.34. The molecule has 0 aliphatic carbocycles. The Bertz CT molecular complexity index is 783. The molecular formula is C21H28N2OSSi. The fraction of sp³-hybridized carbons (Fsp3) is 0.429. The molecule has 2 aromatic rings. The number of hydrogen-bond acceptors (Lipinski definition) is 3. The largest absolute Gasteiger partial charge is 0.325 e. The van der Waals surface area contributed by atoms with Crippen LogP contribution in [0.3, 0.4) is 0 Å². The maximum atomic E-state index is 12.4. The van der Waals surface area contributed by atoms with Crippen LogP contribution in [0.25, 0.3) is 11.1 Å². The number of rotatable bonds is 5. The molecule has 3 rings (SSSR count). The lowest BCUT2D eigenvalue weighted by Crippen LogP contribution is -2.37. The van der Waals surface area contributed by atoms with Gasteiger partial charge in [0.05, 0.1) is 13.8 Å². The number of amides is 1. The van der Waals surface area contributed by atoms with Crippen LogP contribution in [0.5, 0.6) is 0 Å². The molecule has 1 unspecified atom stereocenters. The summed E-state index contributed by atoms with van der Waals surface area (Å²) in [4.78, 5) is 18.8. The minimum Gasteiger partial charge on any atom is -0.325 e. The minimum atomic E-state index is -1.30. The molecule has 1 amide bonds. The van der Waals surface area contributed by atoms with Gasteiger partial charge in [-0.3, -0.25) is 9.78 Å². The fourth-order valence-corrected chi connectivity index (χ4v) is 5.70. The number of pyridine rings is 1. The molecule has 5 heteroatoms. The first-order valence-electron chi connectivity index (χ1n) is 9.23. The zero-order valence-corrected chi connectivity index (χ0v) is 18.1. The van der Waals surface area contributed by atoms with Crippen molar-refractivity contribution in [2.75, 3.05) is 12.3 Å². The standard InChI is InChI=1S/C21H28N2OSSi/c1-15(2)13-23-20(24)14-25-21(23)19-12-22-11-10-18(19)16-6-8-17(9-7-16)26(3,4)5/h6-12,15,21H,13-14H2,1-5H3. The van der Waals surface area contributed by atoms with Crippen LogP contribution < -0.4 is 5.19 Å². The molecule has 0 saturated carbocycles. The second kappa shape index (κ2) is 7.57. The Morgan fingerprint density at radius 3 is 2.50 bits per heavy atom. The molecule has 2 heterocycles. The van der Waals surface area contributed by atoms with Crippen molar-refractivity contribution in [2.45, 2.75) is 38.9 Å². The van der Waals surface area contributed by atoms with Gasteiger partial charge < -0.3 is 4.90 Å². The van der Waals surface area contributed by atoms with Gasteiger partial charge in [-0.05, 0) is 23.1 Å². The molecule has 1 aliphatic heterocycles. The monoisotopic (exact) mass is 384 g/mol. The Balaban J connectivity index is 1.97. The molecule has 0 spiro atoms. The number of carbonyl (C=O) groups excluding carboxylic acids is 1. The van der Waals surface area contributed by atoms with Gasteiger partial charge in [0, 0.05) is 24.5 Å². The summed E-state index contributed by atoms with van der Waals surface area (Å²) in [5.74, 6) is 1.24. The summed E-state index contributed by atoms with van der Waals surface area (Å²) in [7, 11) is -1.30. The topological polar surface area (TPSA) is 33.2 Å². The van der Waals surface area contributed by atoms with Crippen LogP contribution in [0.1, 0.15) is 24.8 Å². The zero-order valence-electron chi connectivity index (χ0n) is 16.3. The first kappa shape index (κ1) is 19.2. The van der Waals surface area contributed by atoms with Gasteiger partial charge in [-0.15, -0.1) is 11.8 Å². The molecule has 138 valence electrons. The van der Waals surface area contributed by atoms with Crippen LogP contribution in [0, 0.1) is 5.92 Å². The number of aromatic nitrogens is 1. The van der Waals surface area contributed by atoms with E-state index in [0.29, 0.717) is 11.7 Å². The molecule has 1 fully saturated rings. The van der Waals surface area contributed by atoms with Crippen molar-refractivity contribution in [1.82, 2.24) is 9.88 Å². The molecule has 26 heavy (non-hydrogen) atoms. The molecule has 1 atom stereocenters. The average molecular weight is 385 g/mol. The maximum absolute atomic E-state index is 12.4. The maximum Gasteiger partial charge on any atom is 0.233 e. The lowest BCUT2D eigenvalue weighted by molar-refractivity contribution is -0.128. The SMILES string of the molecule is CC(C)CN1C(=O)CSC1c1cnccc1-c1ccc([Si](C)(C)C)cc1. The number of thioether (sulfide) groups is 1. The first-order chi connectivity index (χ1) is 12.3. The Labute approximate surface area is 162 Å². The van der Waals surface area contributed by atoms with Crippen molar-refractivity contribution in [3.63, 3.8) is 0 Å².